The Morgan fingerprint density at radius 3 is 2.79 bits per heavy atom. The fraction of sp³-hybridized carbons (Fsp3) is 0.118. The molecule has 0 unspecified atom stereocenters. The Labute approximate surface area is 136 Å². The number of Topliss-reactive ketones (excluding diaryl/α,β-unsaturated/α-hetero) is 1. The maximum Gasteiger partial charge on any atom is 0.311 e. The van der Waals surface area contributed by atoms with Crippen molar-refractivity contribution in [1.82, 2.24) is 4.98 Å². The number of aromatic amines is 1. The fourth-order valence-electron chi connectivity index (χ4n) is 2.47. The molecule has 2 aromatic carbocycles. The van der Waals surface area contributed by atoms with E-state index >= 15 is 0 Å². The minimum atomic E-state index is -1.01. The Kier molecular flexibility index (Phi) is 3.99. The summed E-state index contributed by atoms with van der Waals surface area (Å²) < 4.78 is 18.7. The van der Waals surface area contributed by atoms with Gasteiger partial charge in [0.25, 0.3) is 0 Å². The van der Waals surface area contributed by atoms with E-state index in [1.165, 1.54) is 6.92 Å². The van der Waals surface area contributed by atoms with Crippen molar-refractivity contribution in [3.05, 3.63) is 70.2 Å². The zero-order valence-corrected chi connectivity index (χ0v) is 12.7. The second-order valence-electron chi connectivity index (χ2n) is 5.24. The van der Waals surface area contributed by atoms with Crippen molar-refractivity contribution in [2.24, 2.45) is 0 Å². The molecule has 3 rings (SSSR count). The summed E-state index contributed by atoms with van der Waals surface area (Å²) in [4.78, 5) is 25.9. The zero-order chi connectivity index (χ0) is 17.3. The number of ketones is 1. The Hall–Kier alpha value is -3.22. The van der Waals surface area contributed by atoms with Crippen LogP contribution in [-0.2, 0) is 0 Å². The van der Waals surface area contributed by atoms with E-state index < -0.39 is 22.5 Å². The quantitative estimate of drug-likeness (QED) is 0.438. The fourth-order valence-corrected chi connectivity index (χ4v) is 2.47. The van der Waals surface area contributed by atoms with Gasteiger partial charge in [0.1, 0.15) is 5.82 Å². The first-order valence-electron chi connectivity index (χ1n) is 7.18. The van der Waals surface area contributed by atoms with Crippen LogP contribution in [-0.4, -0.2) is 21.8 Å². The number of nitrogens with zero attached hydrogens (tertiary/aromatic N) is 1. The van der Waals surface area contributed by atoms with Crippen molar-refractivity contribution in [3.63, 3.8) is 0 Å². The zero-order valence-electron chi connectivity index (χ0n) is 12.7. The van der Waals surface area contributed by atoms with Crippen LogP contribution in [0.15, 0.2) is 48.7 Å². The van der Waals surface area contributed by atoms with Crippen molar-refractivity contribution in [2.45, 2.75) is 13.0 Å². The van der Waals surface area contributed by atoms with E-state index in [1.54, 1.807) is 18.3 Å². The third-order valence-electron chi connectivity index (χ3n) is 3.65. The number of nitro benzene ring substituents is 1. The highest BCUT2D eigenvalue weighted by molar-refractivity contribution is 6.09. The maximum atomic E-state index is 13.4. The van der Waals surface area contributed by atoms with Crippen LogP contribution < -0.4 is 4.74 Å². The molecule has 24 heavy (non-hydrogen) atoms. The SMILES string of the molecule is C[C@@H](Oc1cc(F)ccc1[N+](=O)[O-])C(=O)c1c[nH]c2ccccc12. The van der Waals surface area contributed by atoms with Gasteiger partial charge in [-0.15, -0.1) is 0 Å². The molecule has 7 heteroatoms. The minimum Gasteiger partial charge on any atom is -0.475 e. The number of nitrogens with one attached hydrogen (secondary N) is 1. The Bertz CT molecular complexity index is 935. The number of carbonyl (C=O) groups is 1. The lowest BCUT2D eigenvalue weighted by molar-refractivity contribution is -0.386. The van der Waals surface area contributed by atoms with E-state index in [0.29, 0.717) is 5.56 Å². The molecular formula is C17H13FN2O4. The van der Waals surface area contributed by atoms with Gasteiger partial charge in [0, 0.05) is 34.8 Å². The molecular weight excluding hydrogens is 315 g/mol. The third kappa shape index (κ3) is 2.83. The number of H-pyrrole nitrogens is 1. The summed E-state index contributed by atoms with van der Waals surface area (Å²) in [6.45, 7) is 1.47. The summed E-state index contributed by atoms with van der Waals surface area (Å²) in [5.41, 5.74) is 0.817. The molecule has 1 heterocycles. The number of halogens is 1. The summed E-state index contributed by atoms with van der Waals surface area (Å²) in [5, 5.41) is 11.7. The van der Waals surface area contributed by atoms with Crippen LogP contribution in [0.5, 0.6) is 5.75 Å². The molecule has 6 nitrogen and oxygen atoms in total. The van der Waals surface area contributed by atoms with E-state index in [4.69, 9.17) is 4.74 Å². The van der Waals surface area contributed by atoms with Crippen LogP contribution in [0.2, 0.25) is 0 Å². The van der Waals surface area contributed by atoms with Crippen molar-refractivity contribution in [2.75, 3.05) is 0 Å². The molecule has 1 aromatic heterocycles. The van der Waals surface area contributed by atoms with E-state index in [2.05, 4.69) is 4.98 Å². The molecule has 122 valence electrons. The maximum absolute atomic E-state index is 13.4. The number of para-hydroxylation sites is 1. The van der Waals surface area contributed by atoms with Crippen molar-refractivity contribution >= 4 is 22.4 Å². The van der Waals surface area contributed by atoms with Gasteiger partial charge in [-0.25, -0.2) is 4.39 Å². The first kappa shape index (κ1) is 15.7. The first-order valence-corrected chi connectivity index (χ1v) is 7.18. The summed E-state index contributed by atoms with van der Waals surface area (Å²) in [6, 6.07) is 10.1. The van der Waals surface area contributed by atoms with Gasteiger partial charge >= 0.3 is 5.69 Å². The number of ether oxygens (including phenoxy) is 1. The van der Waals surface area contributed by atoms with Crippen LogP contribution in [0.4, 0.5) is 10.1 Å². The molecule has 1 atom stereocenters. The lowest BCUT2D eigenvalue weighted by Crippen LogP contribution is -2.24. The molecule has 0 aliphatic rings. The average Bonchev–Trinajstić information content (AvgIpc) is 2.97. The van der Waals surface area contributed by atoms with Gasteiger partial charge in [-0.05, 0) is 19.1 Å². The number of fused-ring (bicyclic) bond motifs is 1. The summed E-state index contributed by atoms with van der Waals surface area (Å²) in [6.07, 6.45) is 0.553. The standard InChI is InChI=1S/C17H13FN2O4/c1-10(24-16-8-11(18)6-7-15(16)20(22)23)17(21)13-9-19-14-5-3-2-4-12(13)14/h2-10,19H,1H3/t10-/m1/s1. The second kappa shape index (κ2) is 6.11. The monoisotopic (exact) mass is 328 g/mol. The van der Waals surface area contributed by atoms with Crippen molar-refractivity contribution < 1.29 is 18.8 Å². The molecule has 1 N–H and O–H groups in total. The highest BCUT2D eigenvalue weighted by Gasteiger charge is 2.24. The summed E-state index contributed by atoms with van der Waals surface area (Å²) >= 11 is 0. The number of nitro groups is 1. The number of rotatable bonds is 5. The highest BCUT2D eigenvalue weighted by atomic mass is 19.1. The molecule has 0 saturated heterocycles. The normalized spacial score (nSPS) is 12.1. The van der Waals surface area contributed by atoms with Crippen LogP contribution in [0.1, 0.15) is 17.3 Å². The topological polar surface area (TPSA) is 85.2 Å². The number of aromatic nitrogens is 1. The summed E-state index contributed by atoms with van der Waals surface area (Å²) in [5.74, 6) is -1.31. The number of hydrogen-bond acceptors (Lipinski definition) is 4. The lowest BCUT2D eigenvalue weighted by Gasteiger charge is -2.13. The molecule has 0 radical (unpaired) electrons. The predicted molar refractivity (Wildman–Crippen MR) is 85.8 cm³/mol. The lowest BCUT2D eigenvalue weighted by atomic mass is 10.1. The van der Waals surface area contributed by atoms with E-state index in [-0.39, 0.29) is 11.5 Å². The van der Waals surface area contributed by atoms with Gasteiger partial charge in [0.05, 0.1) is 4.92 Å². The van der Waals surface area contributed by atoms with Gasteiger partial charge < -0.3 is 9.72 Å². The Balaban J connectivity index is 1.90. The molecule has 0 bridgehead atoms. The van der Waals surface area contributed by atoms with Gasteiger partial charge in [-0.3, -0.25) is 14.9 Å². The third-order valence-corrected chi connectivity index (χ3v) is 3.65. The van der Waals surface area contributed by atoms with Crippen molar-refractivity contribution in [3.8, 4) is 5.75 Å². The Morgan fingerprint density at radius 1 is 1.29 bits per heavy atom. The van der Waals surface area contributed by atoms with E-state index in [1.807, 2.05) is 12.1 Å². The minimum absolute atomic E-state index is 0.277. The number of hydrogen-bond donors (Lipinski definition) is 1. The van der Waals surface area contributed by atoms with Gasteiger partial charge in [0.15, 0.2) is 6.10 Å². The van der Waals surface area contributed by atoms with Gasteiger partial charge in [0.2, 0.25) is 11.5 Å². The molecule has 0 aliphatic heterocycles. The highest BCUT2D eigenvalue weighted by Crippen LogP contribution is 2.29. The molecule has 0 fully saturated rings. The van der Waals surface area contributed by atoms with Crippen LogP contribution >= 0.6 is 0 Å². The largest absolute Gasteiger partial charge is 0.475 e. The second-order valence-corrected chi connectivity index (χ2v) is 5.24. The van der Waals surface area contributed by atoms with E-state index in [9.17, 15) is 19.3 Å². The van der Waals surface area contributed by atoms with Crippen molar-refractivity contribution in [1.29, 1.82) is 0 Å². The molecule has 0 spiro atoms. The molecule has 0 saturated carbocycles. The molecule has 3 aromatic rings. The first-order chi connectivity index (χ1) is 11.5. The van der Waals surface area contributed by atoms with Crippen LogP contribution in [0, 0.1) is 15.9 Å². The van der Waals surface area contributed by atoms with Crippen LogP contribution in [0.3, 0.4) is 0 Å². The smallest absolute Gasteiger partial charge is 0.311 e. The van der Waals surface area contributed by atoms with Gasteiger partial charge in [-0.1, -0.05) is 18.2 Å². The number of carbonyl (C=O) groups excluding carboxylic acids is 1. The predicted octanol–water partition coefficient (Wildman–Crippen LogP) is 3.87. The number of benzene rings is 2. The van der Waals surface area contributed by atoms with Crippen LogP contribution in [0.25, 0.3) is 10.9 Å². The van der Waals surface area contributed by atoms with E-state index in [0.717, 1.165) is 29.1 Å². The summed E-state index contributed by atoms with van der Waals surface area (Å²) in [7, 11) is 0. The Morgan fingerprint density at radius 2 is 2.04 bits per heavy atom. The average molecular weight is 328 g/mol. The molecule has 0 amide bonds. The molecule has 0 aliphatic carbocycles. The van der Waals surface area contributed by atoms with Gasteiger partial charge in [-0.2, -0.15) is 0 Å².